The fourth-order valence-electron chi connectivity index (χ4n) is 1.44. The molecule has 1 aromatic rings. The zero-order valence-electron chi connectivity index (χ0n) is 10.2. The highest BCUT2D eigenvalue weighted by atomic mass is 79.9. The molecular weight excluding hydrogens is 266 g/mol. The van der Waals surface area contributed by atoms with Crippen LogP contribution in [-0.2, 0) is 0 Å². The largest absolute Gasteiger partial charge is 0.494 e. The second kappa shape index (κ2) is 6.92. The molecule has 0 bridgehead atoms. The van der Waals surface area contributed by atoms with E-state index in [1.54, 1.807) is 0 Å². The third-order valence-electron chi connectivity index (χ3n) is 2.64. The molecular formula is C13H20BrNO. The maximum absolute atomic E-state index is 5.65. The Balaban J connectivity index is 2.67. The van der Waals surface area contributed by atoms with Gasteiger partial charge in [-0.3, -0.25) is 0 Å². The minimum absolute atomic E-state index is 0.346. The van der Waals surface area contributed by atoms with Gasteiger partial charge in [0.15, 0.2) is 0 Å². The Hall–Kier alpha value is -0.540. The van der Waals surface area contributed by atoms with Gasteiger partial charge in [0.2, 0.25) is 0 Å². The van der Waals surface area contributed by atoms with Crippen molar-refractivity contribution in [1.29, 1.82) is 0 Å². The van der Waals surface area contributed by atoms with Crippen LogP contribution >= 0.6 is 15.9 Å². The van der Waals surface area contributed by atoms with Crippen LogP contribution in [0.2, 0.25) is 0 Å². The fraction of sp³-hybridized carbons (Fsp3) is 0.538. The van der Waals surface area contributed by atoms with E-state index in [1.165, 1.54) is 5.56 Å². The van der Waals surface area contributed by atoms with Crippen molar-refractivity contribution in [2.75, 3.05) is 13.7 Å². The molecule has 1 N–H and O–H groups in total. The molecule has 1 rings (SSSR count). The third kappa shape index (κ3) is 3.80. The molecule has 0 aliphatic carbocycles. The first kappa shape index (κ1) is 13.5. The normalized spacial score (nSPS) is 12.5. The number of rotatable bonds is 6. The van der Waals surface area contributed by atoms with Crippen LogP contribution in [-0.4, -0.2) is 13.7 Å². The van der Waals surface area contributed by atoms with Gasteiger partial charge < -0.3 is 10.1 Å². The van der Waals surface area contributed by atoms with E-state index in [-0.39, 0.29) is 0 Å². The van der Waals surface area contributed by atoms with Crippen molar-refractivity contribution in [3.05, 3.63) is 28.2 Å². The van der Waals surface area contributed by atoms with Crippen LogP contribution in [0.4, 0.5) is 0 Å². The lowest BCUT2D eigenvalue weighted by Gasteiger charge is -2.14. The van der Waals surface area contributed by atoms with E-state index in [4.69, 9.17) is 4.74 Å². The van der Waals surface area contributed by atoms with Gasteiger partial charge in [0.1, 0.15) is 5.75 Å². The van der Waals surface area contributed by atoms with E-state index in [0.29, 0.717) is 6.04 Å². The van der Waals surface area contributed by atoms with Gasteiger partial charge in [-0.25, -0.2) is 0 Å². The van der Waals surface area contributed by atoms with Gasteiger partial charge in [0, 0.05) is 10.5 Å². The Kier molecular flexibility index (Phi) is 5.85. The van der Waals surface area contributed by atoms with Crippen LogP contribution in [0.3, 0.4) is 0 Å². The lowest BCUT2D eigenvalue weighted by molar-refractivity contribution is 0.309. The van der Waals surface area contributed by atoms with E-state index in [1.807, 2.05) is 19.2 Å². The first-order valence-corrected chi connectivity index (χ1v) is 6.57. The van der Waals surface area contributed by atoms with Crippen molar-refractivity contribution in [2.45, 2.75) is 32.7 Å². The molecule has 0 aromatic heterocycles. The maximum atomic E-state index is 5.65. The Morgan fingerprint density at radius 2 is 2.19 bits per heavy atom. The SMILES string of the molecule is CCCCOc1ccc(C(C)NC)c(Br)c1. The summed E-state index contributed by atoms with van der Waals surface area (Å²) in [7, 11) is 1.96. The predicted octanol–water partition coefficient (Wildman–Crippen LogP) is 3.91. The van der Waals surface area contributed by atoms with Crippen LogP contribution in [0.15, 0.2) is 22.7 Å². The number of hydrogen-bond acceptors (Lipinski definition) is 2. The summed E-state index contributed by atoms with van der Waals surface area (Å²) < 4.78 is 6.75. The van der Waals surface area contributed by atoms with Crippen LogP contribution in [0.1, 0.15) is 38.3 Å². The topological polar surface area (TPSA) is 21.3 Å². The molecule has 0 aliphatic heterocycles. The minimum Gasteiger partial charge on any atom is -0.494 e. The molecule has 0 heterocycles. The molecule has 1 aromatic carbocycles. The first-order valence-electron chi connectivity index (χ1n) is 5.78. The highest BCUT2D eigenvalue weighted by Gasteiger charge is 2.07. The zero-order valence-corrected chi connectivity index (χ0v) is 11.8. The molecule has 0 saturated carbocycles. The van der Waals surface area contributed by atoms with Crippen LogP contribution in [0.5, 0.6) is 5.75 Å². The molecule has 3 heteroatoms. The summed E-state index contributed by atoms with van der Waals surface area (Å²) in [6.45, 7) is 5.10. The summed E-state index contributed by atoms with van der Waals surface area (Å²) in [5, 5.41) is 3.22. The quantitative estimate of drug-likeness (QED) is 0.801. The average Bonchev–Trinajstić information content (AvgIpc) is 2.29. The summed E-state index contributed by atoms with van der Waals surface area (Å²) >= 11 is 3.58. The van der Waals surface area contributed by atoms with Crippen LogP contribution in [0, 0.1) is 0 Å². The fourth-order valence-corrected chi connectivity index (χ4v) is 2.14. The van der Waals surface area contributed by atoms with Gasteiger partial charge in [-0.2, -0.15) is 0 Å². The number of benzene rings is 1. The van der Waals surface area contributed by atoms with Crippen molar-refractivity contribution >= 4 is 15.9 Å². The maximum Gasteiger partial charge on any atom is 0.120 e. The second-order valence-electron chi connectivity index (χ2n) is 3.90. The molecule has 0 fully saturated rings. The number of nitrogens with one attached hydrogen (secondary N) is 1. The number of hydrogen-bond donors (Lipinski definition) is 1. The lowest BCUT2D eigenvalue weighted by atomic mass is 10.1. The molecule has 90 valence electrons. The molecule has 1 atom stereocenters. The molecule has 0 spiro atoms. The first-order chi connectivity index (χ1) is 7.69. The number of unbranched alkanes of at least 4 members (excludes halogenated alkanes) is 1. The Bertz CT molecular complexity index is 328. The van der Waals surface area contributed by atoms with Crippen molar-refractivity contribution in [2.24, 2.45) is 0 Å². The van der Waals surface area contributed by atoms with E-state index < -0.39 is 0 Å². The van der Waals surface area contributed by atoms with Gasteiger partial charge in [-0.05, 0) is 38.1 Å². The predicted molar refractivity (Wildman–Crippen MR) is 72.0 cm³/mol. The summed E-state index contributed by atoms with van der Waals surface area (Å²) in [5.74, 6) is 0.937. The second-order valence-corrected chi connectivity index (χ2v) is 4.75. The monoisotopic (exact) mass is 285 g/mol. The van der Waals surface area contributed by atoms with Gasteiger partial charge in [0.05, 0.1) is 6.61 Å². The van der Waals surface area contributed by atoms with Crippen LogP contribution < -0.4 is 10.1 Å². The smallest absolute Gasteiger partial charge is 0.120 e. The van der Waals surface area contributed by atoms with Crippen molar-refractivity contribution in [3.63, 3.8) is 0 Å². The summed E-state index contributed by atoms with van der Waals surface area (Å²) in [5.41, 5.74) is 1.25. The summed E-state index contributed by atoms with van der Waals surface area (Å²) in [6.07, 6.45) is 2.27. The summed E-state index contributed by atoms with van der Waals surface area (Å²) in [4.78, 5) is 0. The average molecular weight is 286 g/mol. The minimum atomic E-state index is 0.346. The van der Waals surface area contributed by atoms with Crippen LogP contribution in [0.25, 0.3) is 0 Å². The van der Waals surface area contributed by atoms with Gasteiger partial charge in [-0.1, -0.05) is 35.3 Å². The van der Waals surface area contributed by atoms with E-state index in [0.717, 1.165) is 29.7 Å². The highest BCUT2D eigenvalue weighted by Crippen LogP contribution is 2.27. The Morgan fingerprint density at radius 1 is 1.44 bits per heavy atom. The summed E-state index contributed by atoms with van der Waals surface area (Å²) in [6, 6.07) is 6.52. The van der Waals surface area contributed by atoms with Crippen molar-refractivity contribution in [1.82, 2.24) is 5.32 Å². The van der Waals surface area contributed by atoms with Gasteiger partial charge in [-0.15, -0.1) is 0 Å². The van der Waals surface area contributed by atoms with E-state index >= 15 is 0 Å². The van der Waals surface area contributed by atoms with Gasteiger partial charge in [0.25, 0.3) is 0 Å². The molecule has 1 unspecified atom stereocenters. The molecule has 0 radical (unpaired) electrons. The number of ether oxygens (including phenoxy) is 1. The van der Waals surface area contributed by atoms with Gasteiger partial charge >= 0.3 is 0 Å². The molecule has 16 heavy (non-hydrogen) atoms. The zero-order chi connectivity index (χ0) is 12.0. The van der Waals surface area contributed by atoms with Crippen molar-refractivity contribution in [3.8, 4) is 5.75 Å². The Morgan fingerprint density at radius 3 is 2.75 bits per heavy atom. The molecule has 0 amide bonds. The highest BCUT2D eigenvalue weighted by molar-refractivity contribution is 9.10. The third-order valence-corrected chi connectivity index (χ3v) is 3.32. The standard InChI is InChI=1S/C13H20BrNO/c1-4-5-8-16-11-6-7-12(10(2)15-3)13(14)9-11/h6-7,9-10,15H,4-5,8H2,1-3H3. The van der Waals surface area contributed by atoms with E-state index in [9.17, 15) is 0 Å². The molecule has 2 nitrogen and oxygen atoms in total. The molecule has 0 aliphatic rings. The van der Waals surface area contributed by atoms with Crippen molar-refractivity contribution < 1.29 is 4.74 Å². The molecule has 0 saturated heterocycles. The van der Waals surface area contributed by atoms with E-state index in [2.05, 4.69) is 41.2 Å². The number of halogens is 1. The lowest BCUT2D eigenvalue weighted by Crippen LogP contribution is -2.12. The Labute approximate surface area is 107 Å².